The molecule has 0 bridgehead atoms. The Morgan fingerprint density at radius 1 is 1.03 bits per heavy atom. The molecule has 3 aromatic carbocycles. The standard InChI is InChI=1S/C24H22Cl2N2O3S/c1-16-7-9-22(10-8-16)32(30,31)27(21-13-19(25)12-20(26)14-21)15-24(29)28-17(2)11-18-5-3-4-6-23(18)28/h3-10,12-14,17H,11,15H2,1-2H3/t17-/m0/s1. The summed E-state index contributed by atoms with van der Waals surface area (Å²) in [7, 11) is -4.06. The fraction of sp³-hybridized carbons (Fsp3) is 0.208. The topological polar surface area (TPSA) is 57.7 Å². The zero-order valence-electron chi connectivity index (χ0n) is 17.6. The van der Waals surface area contributed by atoms with Crippen LogP contribution in [0.1, 0.15) is 18.1 Å². The summed E-state index contributed by atoms with van der Waals surface area (Å²) < 4.78 is 28.3. The summed E-state index contributed by atoms with van der Waals surface area (Å²) in [6.45, 7) is 3.44. The van der Waals surface area contributed by atoms with Crippen molar-refractivity contribution < 1.29 is 13.2 Å². The first kappa shape index (κ1) is 22.6. The van der Waals surface area contributed by atoms with E-state index in [1.165, 1.54) is 30.3 Å². The first-order valence-electron chi connectivity index (χ1n) is 10.1. The SMILES string of the molecule is Cc1ccc(S(=O)(=O)N(CC(=O)N2c3ccccc3C[C@@H]2C)c2cc(Cl)cc(Cl)c2)cc1. The molecule has 0 aliphatic carbocycles. The maximum absolute atomic E-state index is 13.6. The third kappa shape index (κ3) is 4.35. The third-order valence-electron chi connectivity index (χ3n) is 5.50. The molecule has 1 amide bonds. The van der Waals surface area contributed by atoms with Crippen LogP contribution in [0.25, 0.3) is 0 Å². The molecule has 0 radical (unpaired) electrons. The van der Waals surface area contributed by atoms with Crippen molar-refractivity contribution in [2.75, 3.05) is 15.7 Å². The Bertz CT molecular complexity index is 1260. The van der Waals surface area contributed by atoms with Gasteiger partial charge >= 0.3 is 0 Å². The molecule has 1 heterocycles. The number of rotatable bonds is 5. The second kappa shape index (κ2) is 8.77. The van der Waals surface area contributed by atoms with E-state index in [2.05, 4.69) is 0 Å². The molecule has 0 aromatic heterocycles. The number of carbonyl (C=O) groups excluding carboxylic acids is 1. The lowest BCUT2D eigenvalue weighted by Crippen LogP contribution is -2.45. The molecule has 0 spiro atoms. The van der Waals surface area contributed by atoms with Gasteiger partial charge in [-0.25, -0.2) is 8.42 Å². The highest BCUT2D eigenvalue weighted by Gasteiger charge is 2.34. The van der Waals surface area contributed by atoms with Gasteiger partial charge in [-0.3, -0.25) is 9.10 Å². The zero-order valence-corrected chi connectivity index (χ0v) is 20.0. The van der Waals surface area contributed by atoms with Crippen LogP contribution in [0.5, 0.6) is 0 Å². The smallest absolute Gasteiger partial charge is 0.264 e. The molecular weight excluding hydrogens is 467 g/mol. The highest BCUT2D eigenvalue weighted by Crippen LogP contribution is 2.34. The van der Waals surface area contributed by atoms with E-state index in [4.69, 9.17) is 23.2 Å². The number of amides is 1. The van der Waals surface area contributed by atoms with Crippen molar-refractivity contribution in [1.82, 2.24) is 0 Å². The monoisotopic (exact) mass is 488 g/mol. The fourth-order valence-electron chi connectivity index (χ4n) is 3.98. The Hall–Kier alpha value is -2.54. The van der Waals surface area contributed by atoms with Crippen molar-refractivity contribution in [2.45, 2.75) is 31.2 Å². The van der Waals surface area contributed by atoms with Crippen molar-refractivity contribution in [2.24, 2.45) is 0 Å². The van der Waals surface area contributed by atoms with Crippen LogP contribution in [0.15, 0.2) is 71.6 Å². The van der Waals surface area contributed by atoms with Crippen molar-refractivity contribution >= 4 is 50.5 Å². The Morgan fingerprint density at radius 2 is 1.66 bits per heavy atom. The number of carbonyl (C=O) groups is 1. The van der Waals surface area contributed by atoms with Gasteiger partial charge in [-0.15, -0.1) is 0 Å². The van der Waals surface area contributed by atoms with Gasteiger partial charge < -0.3 is 4.90 Å². The molecule has 5 nitrogen and oxygen atoms in total. The highest BCUT2D eigenvalue weighted by atomic mass is 35.5. The molecule has 166 valence electrons. The quantitative estimate of drug-likeness (QED) is 0.477. The Balaban J connectivity index is 1.76. The van der Waals surface area contributed by atoms with Crippen molar-refractivity contribution in [3.05, 3.63) is 87.9 Å². The van der Waals surface area contributed by atoms with E-state index in [1.54, 1.807) is 17.0 Å². The van der Waals surface area contributed by atoms with Crippen LogP contribution in [-0.2, 0) is 21.2 Å². The van der Waals surface area contributed by atoms with E-state index < -0.39 is 10.0 Å². The number of para-hydroxylation sites is 1. The average Bonchev–Trinajstić information content (AvgIpc) is 3.07. The summed E-state index contributed by atoms with van der Waals surface area (Å²) in [6, 6.07) is 18.6. The van der Waals surface area contributed by atoms with Crippen molar-refractivity contribution in [3.8, 4) is 0 Å². The fourth-order valence-corrected chi connectivity index (χ4v) is 5.89. The Labute approximate surface area is 198 Å². The number of sulfonamides is 1. The molecule has 0 saturated heterocycles. The van der Waals surface area contributed by atoms with Gasteiger partial charge in [-0.2, -0.15) is 0 Å². The van der Waals surface area contributed by atoms with Gasteiger partial charge in [0.05, 0.1) is 10.6 Å². The number of anilines is 2. The van der Waals surface area contributed by atoms with E-state index >= 15 is 0 Å². The Kier molecular flexibility index (Phi) is 6.21. The van der Waals surface area contributed by atoms with Crippen LogP contribution in [0.2, 0.25) is 10.0 Å². The summed E-state index contributed by atoms with van der Waals surface area (Å²) in [6.07, 6.45) is 0.718. The molecule has 4 rings (SSSR count). The molecule has 0 saturated carbocycles. The lowest BCUT2D eigenvalue weighted by atomic mass is 10.1. The second-order valence-corrected chi connectivity index (χ2v) is 10.6. The van der Waals surface area contributed by atoms with Crippen LogP contribution in [0, 0.1) is 6.92 Å². The number of benzene rings is 3. The Morgan fingerprint density at radius 3 is 2.31 bits per heavy atom. The molecule has 0 unspecified atom stereocenters. The maximum atomic E-state index is 13.6. The molecule has 0 fully saturated rings. The lowest BCUT2D eigenvalue weighted by molar-refractivity contribution is -0.117. The van der Waals surface area contributed by atoms with Gasteiger partial charge in [0, 0.05) is 21.8 Å². The summed E-state index contributed by atoms with van der Waals surface area (Å²) in [5.41, 5.74) is 3.03. The molecule has 8 heteroatoms. The van der Waals surface area contributed by atoms with Gasteiger partial charge in [0.2, 0.25) is 5.91 Å². The van der Waals surface area contributed by atoms with Gasteiger partial charge in [0.25, 0.3) is 10.0 Å². The van der Waals surface area contributed by atoms with E-state index in [9.17, 15) is 13.2 Å². The number of hydrogen-bond donors (Lipinski definition) is 0. The summed E-state index contributed by atoms with van der Waals surface area (Å²) >= 11 is 12.3. The van der Waals surface area contributed by atoms with E-state index in [-0.39, 0.29) is 39.1 Å². The van der Waals surface area contributed by atoms with Gasteiger partial charge in [-0.05, 0) is 62.2 Å². The van der Waals surface area contributed by atoms with Crippen LogP contribution < -0.4 is 9.21 Å². The normalized spacial score (nSPS) is 15.5. The summed E-state index contributed by atoms with van der Waals surface area (Å²) in [5.74, 6) is -0.325. The molecule has 1 aliphatic heterocycles. The van der Waals surface area contributed by atoms with E-state index in [0.717, 1.165) is 27.5 Å². The number of hydrogen-bond acceptors (Lipinski definition) is 3. The third-order valence-corrected chi connectivity index (χ3v) is 7.72. The predicted molar refractivity (Wildman–Crippen MR) is 129 cm³/mol. The number of fused-ring (bicyclic) bond motifs is 1. The molecular formula is C24H22Cl2N2O3S. The average molecular weight is 489 g/mol. The zero-order chi connectivity index (χ0) is 23.0. The summed E-state index contributed by atoms with van der Waals surface area (Å²) in [5, 5.41) is 0.563. The predicted octanol–water partition coefficient (Wildman–Crippen LogP) is 5.47. The first-order valence-corrected chi connectivity index (χ1v) is 12.3. The minimum Gasteiger partial charge on any atom is -0.307 e. The molecule has 3 aromatic rings. The summed E-state index contributed by atoms with van der Waals surface area (Å²) in [4.78, 5) is 15.2. The van der Waals surface area contributed by atoms with Crippen LogP contribution in [0.3, 0.4) is 0 Å². The van der Waals surface area contributed by atoms with Crippen molar-refractivity contribution in [3.63, 3.8) is 0 Å². The number of aryl methyl sites for hydroxylation is 1. The van der Waals surface area contributed by atoms with E-state index in [0.29, 0.717) is 0 Å². The van der Waals surface area contributed by atoms with Crippen LogP contribution in [0.4, 0.5) is 11.4 Å². The van der Waals surface area contributed by atoms with Crippen molar-refractivity contribution in [1.29, 1.82) is 0 Å². The lowest BCUT2D eigenvalue weighted by Gasteiger charge is -2.29. The molecule has 0 N–H and O–H groups in total. The highest BCUT2D eigenvalue weighted by molar-refractivity contribution is 7.92. The van der Waals surface area contributed by atoms with Gasteiger partial charge in [0.1, 0.15) is 6.54 Å². The molecule has 32 heavy (non-hydrogen) atoms. The largest absolute Gasteiger partial charge is 0.307 e. The van der Waals surface area contributed by atoms with Crippen LogP contribution in [-0.4, -0.2) is 26.9 Å². The number of nitrogens with zero attached hydrogens (tertiary/aromatic N) is 2. The number of halogens is 2. The van der Waals surface area contributed by atoms with Crippen LogP contribution >= 0.6 is 23.2 Å². The minimum atomic E-state index is -4.06. The maximum Gasteiger partial charge on any atom is 0.264 e. The van der Waals surface area contributed by atoms with Gasteiger partial charge in [0.15, 0.2) is 0 Å². The molecule has 1 aliphatic rings. The molecule has 1 atom stereocenters. The van der Waals surface area contributed by atoms with Gasteiger partial charge in [-0.1, -0.05) is 59.1 Å². The second-order valence-electron chi connectivity index (χ2n) is 7.90. The first-order chi connectivity index (χ1) is 15.2. The minimum absolute atomic E-state index is 0.0771. The van der Waals surface area contributed by atoms with E-state index in [1.807, 2.05) is 38.1 Å².